The molecule has 0 aliphatic carbocycles. The fourth-order valence-corrected chi connectivity index (χ4v) is 2.58. The van der Waals surface area contributed by atoms with E-state index in [4.69, 9.17) is 0 Å². The molecule has 0 saturated heterocycles. The summed E-state index contributed by atoms with van der Waals surface area (Å²) in [5, 5.41) is 3.66. The maximum Gasteiger partial charge on any atom is 0.173 e. The minimum atomic E-state index is 0.125. The number of halogens is 2. The van der Waals surface area contributed by atoms with Gasteiger partial charge >= 0.3 is 0 Å². The largest absolute Gasteiger partial charge is 0.384 e. The van der Waals surface area contributed by atoms with Gasteiger partial charge in [0.2, 0.25) is 0 Å². The molecule has 0 amide bonds. The third-order valence-corrected chi connectivity index (χ3v) is 3.45. The minimum Gasteiger partial charge on any atom is -0.384 e. The van der Waals surface area contributed by atoms with Crippen molar-refractivity contribution >= 4 is 43.3 Å². The maximum atomic E-state index is 11.5. The molecule has 0 unspecified atom stereocenters. The van der Waals surface area contributed by atoms with Gasteiger partial charge in [0.1, 0.15) is 0 Å². The van der Waals surface area contributed by atoms with E-state index in [0.29, 0.717) is 5.33 Å². The average Bonchev–Trinajstić information content (AvgIpc) is 2.64. The molecule has 4 heteroatoms. The van der Waals surface area contributed by atoms with Crippen molar-refractivity contribution in [1.82, 2.24) is 0 Å². The first-order chi connectivity index (χ1) is 6.72. The number of carbonyl (C=O) groups is 1. The fraction of sp³-hybridized carbons (Fsp3) is 0.300. The van der Waals surface area contributed by atoms with Crippen LogP contribution in [0.2, 0.25) is 0 Å². The zero-order valence-corrected chi connectivity index (χ0v) is 10.6. The maximum absolute atomic E-state index is 11.5. The van der Waals surface area contributed by atoms with Crippen molar-refractivity contribution in [3.05, 3.63) is 27.7 Å². The van der Waals surface area contributed by atoms with Gasteiger partial charge in [0.25, 0.3) is 0 Å². The van der Waals surface area contributed by atoms with Gasteiger partial charge in [0.15, 0.2) is 5.78 Å². The number of hydrogen-bond acceptors (Lipinski definition) is 2. The molecule has 14 heavy (non-hydrogen) atoms. The first-order valence-electron chi connectivity index (χ1n) is 4.38. The molecule has 2 nitrogen and oxygen atoms in total. The van der Waals surface area contributed by atoms with Gasteiger partial charge in [-0.2, -0.15) is 0 Å². The lowest BCUT2D eigenvalue weighted by atomic mass is 10.1. The van der Waals surface area contributed by atoms with E-state index in [9.17, 15) is 4.79 Å². The summed E-state index contributed by atoms with van der Waals surface area (Å²) in [4.78, 5) is 11.5. The van der Waals surface area contributed by atoms with Crippen molar-refractivity contribution in [1.29, 1.82) is 0 Å². The zero-order valence-electron chi connectivity index (χ0n) is 7.44. The van der Waals surface area contributed by atoms with Crippen LogP contribution in [0.3, 0.4) is 0 Å². The number of ketones is 1. The van der Waals surface area contributed by atoms with Crippen LogP contribution in [0, 0.1) is 0 Å². The summed E-state index contributed by atoms with van der Waals surface area (Å²) in [6.45, 7) is 0.958. The highest BCUT2D eigenvalue weighted by atomic mass is 79.9. The van der Waals surface area contributed by atoms with E-state index in [1.165, 1.54) is 5.56 Å². The Bertz CT molecular complexity index is 390. The van der Waals surface area contributed by atoms with Gasteiger partial charge in [-0.3, -0.25) is 4.79 Å². The zero-order chi connectivity index (χ0) is 10.1. The molecule has 1 aromatic rings. The molecule has 0 bridgehead atoms. The van der Waals surface area contributed by atoms with Crippen molar-refractivity contribution < 1.29 is 4.79 Å². The number of rotatable bonds is 2. The molecular weight excluding hydrogens is 310 g/mol. The average molecular weight is 319 g/mol. The van der Waals surface area contributed by atoms with E-state index < -0.39 is 0 Å². The second kappa shape index (κ2) is 4.03. The van der Waals surface area contributed by atoms with Crippen LogP contribution in [0.5, 0.6) is 0 Å². The third-order valence-electron chi connectivity index (χ3n) is 2.31. The Morgan fingerprint density at radius 3 is 3.00 bits per heavy atom. The fourth-order valence-electron chi connectivity index (χ4n) is 1.62. The van der Waals surface area contributed by atoms with Crippen molar-refractivity contribution in [3.63, 3.8) is 0 Å². The Kier molecular flexibility index (Phi) is 2.93. The Morgan fingerprint density at radius 1 is 1.50 bits per heavy atom. The number of Topliss-reactive ketones (excluding diaryl/α,β-unsaturated/α-hetero) is 1. The first kappa shape index (κ1) is 10.2. The molecule has 0 spiro atoms. The lowest BCUT2D eigenvalue weighted by molar-refractivity contribution is 0.102. The summed E-state index contributed by atoms with van der Waals surface area (Å²) >= 11 is 6.64. The highest BCUT2D eigenvalue weighted by Gasteiger charge is 2.16. The highest BCUT2D eigenvalue weighted by molar-refractivity contribution is 9.10. The summed E-state index contributed by atoms with van der Waals surface area (Å²) in [5.74, 6) is 0.125. The molecular formula is C10H9Br2NO. The minimum absolute atomic E-state index is 0.125. The number of nitrogens with one attached hydrogen (secondary N) is 1. The molecule has 1 heterocycles. The summed E-state index contributed by atoms with van der Waals surface area (Å²) in [7, 11) is 0. The van der Waals surface area contributed by atoms with E-state index in [0.717, 1.165) is 28.7 Å². The first-order valence-corrected chi connectivity index (χ1v) is 6.29. The Morgan fingerprint density at radius 2 is 2.29 bits per heavy atom. The van der Waals surface area contributed by atoms with Crippen LogP contribution in [0.4, 0.5) is 5.69 Å². The number of hydrogen-bond donors (Lipinski definition) is 1. The summed E-state index contributed by atoms with van der Waals surface area (Å²) in [5.41, 5.74) is 3.14. The Hall–Kier alpha value is -0.350. The molecule has 0 saturated carbocycles. The SMILES string of the molecule is O=C(CBr)c1cc(Br)c2c(c1)CCN2. The van der Waals surface area contributed by atoms with Gasteiger partial charge in [0.05, 0.1) is 11.0 Å². The van der Waals surface area contributed by atoms with Crippen molar-refractivity contribution in [3.8, 4) is 0 Å². The number of benzene rings is 1. The lowest BCUT2D eigenvalue weighted by Gasteiger charge is -2.05. The van der Waals surface area contributed by atoms with Gasteiger partial charge < -0.3 is 5.32 Å². The van der Waals surface area contributed by atoms with E-state index in [2.05, 4.69) is 37.2 Å². The lowest BCUT2D eigenvalue weighted by Crippen LogP contribution is -2.00. The predicted octanol–water partition coefficient (Wildman–Crippen LogP) is 2.99. The molecule has 1 aliphatic heterocycles. The van der Waals surface area contributed by atoms with Crippen LogP contribution in [0.1, 0.15) is 15.9 Å². The molecule has 0 aromatic heterocycles. The second-order valence-electron chi connectivity index (χ2n) is 3.23. The summed E-state index contributed by atoms with van der Waals surface area (Å²) in [6, 6.07) is 3.85. The van der Waals surface area contributed by atoms with Gasteiger partial charge in [-0.15, -0.1) is 0 Å². The Labute approximate surface area is 99.3 Å². The number of anilines is 1. The van der Waals surface area contributed by atoms with Crippen molar-refractivity contribution in [2.45, 2.75) is 6.42 Å². The van der Waals surface area contributed by atoms with Crippen LogP contribution in [-0.4, -0.2) is 17.7 Å². The van der Waals surface area contributed by atoms with Crippen LogP contribution < -0.4 is 5.32 Å². The van der Waals surface area contributed by atoms with E-state index in [1.54, 1.807) is 0 Å². The van der Waals surface area contributed by atoms with Crippen molar-refractivity contribution in [2.24, 2.45) is 0 Å². The van der Waals surface area contributed by atoms with Crippen LogP contribution in [0.15, 0.2) is 16.6 Å². The smallest absolute Gasteiger partial charge is 0.173 e. The summed E-state index contributed by atoms with van der Waals surface area (Å²) in [6.07, 6.45) is 0.997. The van der Waals surface area contributed by atoms with Gasteiger partial charge in [-0.05, 0) is 40.0 Å². The van der Waals surface area contributed by atoms with Crippen LogP contribution in [0.25, 0.3) is 0 Å². The molecule has 1 aromatic carbocycles. The van der Waals surface area contributed by atoms with Crippen molar-refractivity contribution in [2.75, 3.05) is 17.2 Å². The monoisotopic (exact) mass is 317 g/mol. The van der Waals surface area contributed by atoms with E-state index in [1.807, 2.05) is 12.1 Å². The molecule has 0 atom stereocenters. The van der Waals surface area contributed by atoms with Crippen LogP contribution >= 0.6 is 31.9 Å². The topological polar surface area (TPSA) is 29.1 Å². The standard InChI is InChI=1S/C10H9Br2NO/c11-5-9(14)7-3-6-1-2-13-10(6)8(12)4-7/h3-4,13H,1-2,5H2. The number of alkyl halides is 1. The molecule has 1 aliphatic rings. The van der Waals surface area contributed by atoms with Gasteiger partial charge in [0, 0.05) is 16.6 Å². The quantitative estimate of drug-likeness (QED) is 0.671. The van der Waals surface area contributed by atoms with Crippen LogP contribution in [-0.2, 0) is 6.42 Å². The molecule has 0 fully saturated rings. The van der Waals surface area contributed by atoms with Gasteiger partial charge in [-0.25, -0.2) is 0 Å². The number of carbonyl (C=O) groups excluding carboxylic acids is 1. The highest BCUT2D eigenvalue weighted by Crippen LogP contribution is 2.32. The van der Waals surface area contributed by atoms with Gasteiger partial charge in [-0.1, -0.05) is 15.9 Å². The van der Waals surface area contributed by atoms with E-state index >= 15 is 0 Å². The number of fused-ring (bicyclic) bond motifs is 1. The van der Waals surface area contributed by atoms with E-state index in [-0.39, 0.29) is 5.78 Å². The predicted molar refractivity (Wildman–Crippen MR) is 64.5 cm³/mol. The molecule has 2 rings (SSSR count). The summed E-state index contributed by atoms with van der Waals surface area (Å²) < 4.78 is 0.983. The normalized spacial score (nSPS) is 13.6. The second-order valence-corrected chi connectivity index (χ2v) is 4.64. The Balaban J connectivity index is 2.46. The molecule has 74 valence electrons. The molecule has 0 radical (unpaired) electrons. The third kappa shape index (κ3) is 1.73. The molecule has 1 N–H and O–H groups in total.